The zero-order valence-electron chi connectivity index (χ0n) is 13.6. The van der Waals surface area contributed by atoms with Gasteiger partial charge in [0.05, 0.1) is 18.1 Å². The second-order valence-electron chi connectivity index (χ2n) is 6.95. The molecule has 5 rings (SSSR count). The molecule has 2 aliphatic rings. The molecule has 1 fully saturated rings. The van der Waals surface area contributed by atoms with Crippen molar-refractivity contribution in [3.8, 4) is 11.3 Å². The van der Waals surface area contributed by atoms with Crippen LogP contribution < -0.4 is 4.90 Å². The van der Waals surface area contributed by atoms with E-state index in [9.17, 15) is 0 Å². The molecule has 1 saturated heterocycles. The zero-order chi connectivity index (χ0) is 16.1. The van der Waals surface area contributed by atoms with Crippen LogP contribution in [-0.4, -0.2) is 42.4 Å². The Bertz CT molecular complexity index is 881. The van der Waals surface area contributed by atoms with E-state index in [1.807, 2.05) is 48.8 Å². The van der Waals surface area contributed by atoms with Crippen molar-refractivity contribution in [1.29, 1.82) is 0 Å². The summed E-state index contributed by atoms with van der Waals surface area (Å²) in [4.78, 5) is 15.8. The van der Waals surface area contributed by atoms with Crippen LogP contribution in [0.15, 0.2) is 37.1 Å². The largest absolute Gasteiger partial charge is 0.340 e. The van der Waals surface area contributed by atoms with Crippen molar-refractivity contribution in [2.45, 2.75) is 19.4 Å². The van der Waals surface area contributed by atoms with Crippen LogP contribution in [0.5, 0.6) is 0 Å². The summed E-state index contributed by atoms with van der Waals surface area (Å²) in [5.74, 6) is 2.02. The number of rotatable bonds is 2. The predicted molar refractivity (Wildman–Crippen MR) is 89.4 cm³/mol. The van der Waals surface area contributed by atoms with Gasteiger partial charge in [-0.3, -0.25) is 4.68 Å². The van der Waals surface area contributed by atoms with E-state index in [0.29, 0.717) is 0 Å². The Morgan fingerprint density at radius 1 is 1.08 bits per heavy atom. The number of imidazole rings is 1. The van der Waals surface area contributed by atoms with E-state index >= 15 is 0 Å². The molecule has 1 spiro atoms. The molecule has 1 atom stereocenters. The zero-order valence-corrected chi connectivity index (χ0v) is 13.6. The van der Waals surface area contributed by atoms with E-state index in [2.05, 4.69) is 29.5 Å². The van der Waals surface area contributed by atoms with Crippen molar-refractivity contribution in [1.82, 2.24) is 29.3 Å². The second-order valence-corrected chi connectivity index (χ2v) is 6.95. The van der Waals surface area contributed by atoms with E-state index in [0.717, 1.165) is 44.0 Å². The third-order valence-electron chi connectivity index (χ3n) is 5.24. The van der Waals surface area contributed by atoms with Crippen molar-refractivity contribution < 1.29 is 0 Å². The molecule has 0 amide bonds. The van der Waals surface area contributed by atoms with Crippen LogP contribution in [-0.2, 0) is 20.0 Å². The van der Waals surface area contributed by atoms with Gasteiger partial charge in [0, 0.05) is 62.7 Å². The molecule has 0 radical (unpaired) electrons. The minimum atomic E-state index is 0.250. The number of anilines is 1. The summed E-state index contributed by atoms with van der Waals surface area (Å²) in [6, 6.07) is 1.86. The maximum absolute atomic E-state index is 4.68. The van der Waals surface area contributed by atoms with Gasteiger partial charge in [0.15, 0.2) is 0 Å². The lowest BCUT2D eigenvalue weighted by Crippen LogP contribution is -2.29. The van der Waals surface area contributed by atoms with Gasteiger partial charge < -0.3 is 9.47 Å². The van der Waals surface area contributed by atoms with Crippen molar-refractivity contribution >= 4 is 5.95 Å². The predicted octanol–water partition coefficient (Wildman–Crippen LogP) is 1.53. The Kier molecular flexibility index (Phi) is 2.80. The fourth-order valence-electron chi connectivity index (χ4n) is 4.08. The lowest BCUT2D eigenvalue weighted by Gasteiger charge is -2.23. The summed E-state index contributed by atoms with van der Waals surface area (Å²) in [6.45, 7) is 3.01. The van der Waals surface area contributed by atoms with Crippen LogP contribution >= 0.6 is 0 Å². The van der Waals surface area contributed by atoms with Crippen LogP contribution in [0.1, 0.15) is 12.2 Å². The molecule has 3 aromatic heterocycles. The van der Waals surface area contributed by atoms with Gasteiger partial charge in [-0.25, -0.2) is 15.0 Å². The number of hydrogen-bond donors (Lipinski definition) is 0. The first-order chi connectivity index (χ1) is 11.7. The van der Waals surface area contributed by atoms with E-state index in [1.165, 1.54) is 11.5 Å². The topological polar surface area (TPSA) is 64.7 Å². The highest BCUT2D eigenvalue weighted by Crippen LogP contribution is 2.43. The molecular weight excluding hydrogens is 302 g/mol. The minimum absolute atomic E-state index is 0.250. The highest BCUT2D eigenvalue weighted by atomic mass is 15.3. The van der Waals surface area contributed by atoms with Gasteiger partial charge in [-0.15, -0.1) is 0 Å². The molecule has 5 heterocycles. The molecule has 24 heavy (non-hydrogen) atoms. The summed E-state index contributed by atoms with van der Waals surface area (Å²) in [5.41, 5.74) is 2.55. The number of aryl methyl sites for hydroxylation is 1. The number of aromatic nitrogens is 6. The van der Waals surface area contributed by atoms with Gasteiger partial charge in [0.25, 0.3) is 0 Å². The first kappa shape index (κ1) is 13.7. The second kappa shape index (κ2) is 4.90. The average molecular weight is 321 g/mol. The summed E-state index contributed by atoms with van der Waals surface area (Å²) in [6.07, 6.45) is 11.7. The third-order valence-corrected chi connectivity index (χ3v) is 5.24. The Morgan fingerprint density at radius 2 is 1.96 bits per heavy atom. The van der Waals surface area contributed by atoms with Crippen LogP contribution in [0.2, 0.25) is 0 Å². The number of fused-ring (bicyclic) bond motifs is 1. The van der Waals surface area contributed by atoms with E-state index in [-0.39, 0.29) is 5.41 Å². The Morgan fingerprint density at radius 3 is 2.75 bits per heavy atom. The van der Waals surface area contributed by atoms with Crippen LogP contribution in [0.3, 0.4) is 0 Å². The lowest BCUT2D eigenvalue weighted by atomic mass is 9.86. The molecule has 0 N–H and O–H groups in total. The van der Waals surface area contributed by atoms with Crippen LogP contribution in [0.25, 0.3) is 11.3 Å². The smallest absolute Gasteiger partial charge is 0.225 e. The van der Waals surface area contributed by atoms with Crippen molar-refractivity contribution in [3.63, 3.8) is 0 Å². The van der Waals surface area contributed by atoms with E-state index in [1.54, 1.807) is 0 Å². The van der Waals surface area contributed by atoms with E-state index in [4.69, 9.17) is 0 Å². The molecule has 0 aliphatic carbocycles. The molecule has 0 bridgehead atoms. The Balaban J connectivity index is 1.42. The molecule has 0 saturated carbocycles. The first-order valence-electron chi connectivity index (χ1n) is 8.28. The maximum atomic E-state index is 4.68. The number of hydrogen-bond acceptors (Lipinski definition) is 5. The SMILES string of the molecule is Cn1cc(-c2cnc3n2C[C@@]2(CCN(c4ncccn4)C2)C3)cn1. The minimum Gasteiger partial charge on any atom is -0.340 e. The molecular formula is C17H19N7. The fourth-order valence-corrected chi connectivity index (χ4v) is 4.08. The summed E-state index contributed by atoms with van der Waals surface area (Å²) in [7, 11) is 1.95. The molecule has 7 heteroatoms. The van der Waals surface area contributed by atoms with Crippen molar-refractivity contribution in [3.05, 3.63) is 42.9 Å². The van der Waals surface area contributed by atoms with E-state index < -0.39 is 0 Å². The fraction of sp³-hybridized carbons (Fsp3) is 0.412. The highest BCUT2D eigenvalue weighted by Gasteiger charge is 2.45. The normalized spacial score (nSPS) is 22.5. The van der Waals surface area contributed by atoms with Crippen LogP contribution in [0.4, 0.5) is 5.95 Å². The quantitative estimate of drug-likeness (QED) is 0.716. The highest BCUT2D eigenvalue weighted by molar-refractivity contribution is 5.58. The Labute approximate surface area is 140 Å². The van der Waals surface area contributed by atoms with Gasteiger partial charge in [-0.2, -0.15) is 5.10 Å². The molecule has 0 aromatic carbocycles. The standard InChI is InChI=1S/C17H19N7/c1-22-10-13(8-21-22)14-9-20-15-7-17(12-24(14)15)3-6-23(11-17)16-18-4-2-5-19-16/h2,4-5,8-10H,3,6-7,11-12H2,1H3/t17-/m0/s1. The van der Waals surface area contributed by atoms with Crippen molar-refractivity contribution in [2.75, 3.05) is 18.0 Å². The monoisotopic (exact) mass is 321 g/mol. The lowest BCUT2D eigenvalue weighted by molar-refractivity contribution is 0.320. The summed E-state index contributed by atoms with van der Waals surface area (Å²) < 4.78 is 4.20. The van der Waals surface area contributed by atoms with Crippen molar-refractivity contribution in [2.24, 2.45) is 12.5 Å². The third kappa shape index (κ3) is 2.04. The summed E-state index contributed by atoms with van der Waals surface area (Å²) in [5, 5.41) is 4.29. The van der Waals surface area contributed by atoms with Gasteiger partial charge in [0.1, 0.15) is 5.82 Å². The van der Waals surface area contributed by atoms with Crippen LogP contribution in [0, 0.1) is 5.41 Å². The van der Waals surface area contributed by atoms with Gasteiger partial charge >= 0.3 is 0 Å². The molecule has 2 aliphatic heterocycles. The molecule has 7 nitrogen and oxygen atoms in total. The van der Waals surface area contributed by atoms with Gasteiger partial charge in [-0.1, -0.05) is 0 Å². The maximum Gasteiger partial charge on any atom is 0.225 e. The average Bonchev–Trinajstić information content (AvgIpc) is 3.34. The van der Waals surface area contributed by atoms with Gasteiger partial charge in [0.2, 0.25) is 5.95 Å². The first-order valence-corrected chi connectivity index (χ1v) is 8.28. The summed E-state index contributed by atoms with van der Waals surface area (Å²) >= 11 is 0. The molecule has 122 valence electrons. The Hall–Kier alpha value is -2.70. The molecule has 0 unspecified atom stereocenters. The molecule has 3 aromatic rings. The number of nitrogens with zero attached hydrogens (tertiary/aromatic N) is 7. The van der Waals surface area contributed by atoms with Gasteiger partial charge in [-0.05, 0) is 12.5 Å².